The lowest BCUT2D eigenvalue weighted by Gasteiger charge is -2.22. The molecule has 3 aromatic carbocycles. The van der Waals surface area contributed by atoms with Gasteiger partial charge in [0.25, 0.3) is 5.91 Å². The van der Waals surface area contributed by atoms with Crippen LogP contribution in [0, 0.1) is 0 Å². The van der Waals surface area contributed by atoms with E-state index in [2.05, 4.69) is 10.5 Å². The van der Waals surface area contributed by atoms with Crippen molar-refractivity contribution in [2.45, 2.75) is 6.61 Å². The van der Waals surface area contributed by atoms with Crippen LogP contribution < -0.4 is 14.5 Å². The molecule has 11 heteroatoms. The van der Waals surface area contributed by atoms with Gasteiger partial charge < -0.3 is 4.74 Å². The van der Waals surface area contributed by atoms with Crippen molar-refractivity contribution < 1.29 is 17.9 Å². The molecule has 0 bridgehead atoms. The van der Waals surface area contributed by atoms with E-state index in [1.807, 2.05) is 12.1 Å². The highest BCUT2D eigenvalue weighted by molar-refractivity contribution is 7.92. The number of carbonyl (C=O) groups is 1. The number of hydrazone groups is 1. The standard InChI is InChI=1S/C23H20Cl3N3O4S/c1-34(31,32)29(21-4-2-3-20(25)23(21)26)14-22(30)28-27-13-16-7-11-19(12-8-16)33-15-17-5-9-18(24)10-6-17/h2-13H,14-15H2,1H3,(H,28,30)/b27-13-. The normalized spacial score (nSPS) is 11.4. The molecule has 0 fully saturated rings. The fraction of sp³-hybridized carbons (Fsp3) is 0.130. The van der Waals surface area contributed by atoms with Gasteiger partial charge in [0, 0.05) is 5.02 Å². The summed E-state index contributed by atoms with van der Waals surface area (Å²) in [6, 6.07) is 19.0. The zero-order valence-electron chi connectivity index (χ0n) is 17.9. The smallest absolute Gasteiger partial charge is 0.260 e. The molecule has 3 rings (SSSR count). The van der Waals surface area contributed by atoms with Crippen LogP contribution in [-0.2, 0) is 21.4 Å². The van der Waals surface area contributed by atoms with Gasteiger partial charge in [0.1, 0.15) is 18.9 Å². The highest BCUT2D eigenvalue weighted by Crippen LogP contribution is 2.33. The van der Waals surface area contributed by atoms with E-state index in [0.717, 1.165) is 16.1 Å². The fourth-order valence-electron chi connectivity index (χ4n) is 2.81. The molecule has 34 heavy (non-hydrogen) atoms. The maximum atomic E-state index is 12.3. The van der Waals surface area contributed by atoms with Crippen molar-refractivity contribution in [2.75, 3.05) is 17.1 Å². The number of hydrogen-bond acceptors (Lipinski definition) is 5. The second-order valence-corrected chi connectivity index (χ2v) is 10.2. The predicted octanol–water partition coefficient (Wildman–Crippen LogP) is 5.14. The van der Waals surface area contributed by atoms with Crippen LogP contribution in [0.4, 0.5) is 5.69 Å². The van der Waals surface area contributed by atoms with Crippen LogP contribution in [0.1, 0.15) is 11.1 Å². The fourth-order valence-corrected chi connectivity index (χ4v) is 4.24. The molecule has 178 valence electrons. The molecule has 0 unspecified atom stereocenters. The van der Waals surface area contributed by atoms with Gasteiger partial charge in [0.2, 0.25) is 10.0 Å². The van der Waals surface area contributed by atoms with Crippen LogP contribution in [0.3, 0.4) is 0 Å². The number of nitrogens with zero attached hydrogens (tertiary/aromatic N) is 2. The number of hydrogen-bond donors (Lipinski definition) is 1. The van der Waals surface area contributed by atoms with E-state index in [4.69, 9.17) is 39.5 Å². The van der Waals surface area contributed by atoms with Gasteiger partial charge in [0.15, 0.2) is 0 Å². The molecule has 0 aromatic heterocycles. The third kappa shape index (κ3) is 7.36. The first-order valence-corrected chi connectivity index (χ1v) is 12.8. The minimum absolute atomic E-state index is 0.0317. The van der Waals surface area contributed by atoms with Crippen LogP contribution in [0.15, 0.2) is 71.8 Å². The van der Waals surface area contributed by atoms with Crippen LogP contribution in [0.25, 0.3) is 0 Å². The lowest BCUT2D eigenvalue weighted by Crippen LogP contribution is -2.39. The third-order valence-corrected chi connectivity index (χ3v) is 6.68. The Hall–Kier alpha value is -2.78. The molecule has 0 heterocycles. The largest absolute Gasteiger partial charge is 0.489 e. The van der Waals surface area contributed by atoms with Gasteiger partial charge in [-0.1, -0.05) is 53.0 Å². The van der Waals surface area contributed by atoms with E-state index in [1.165, 1.54) is 18.3 Å². The van der Waals surface area contributed by atoms with Gasteiger partial charge in [-0.15, -0.1) is 0 Å². The second kappa shape index (κ2) is 11.6. The minimum atomic E-state index is -3.80. The van der Waals surface area contributed by atoms with Crippen LogP contribution in [0.2, 0.25) is 15.1 Å². The van der Waals surface area contributed by atoms with Crippen molar-refractivity contribution in [1.29, 1.82) is 0 Å². The highest BCUT2D eigenvalue weighted by atomic mass is 35.5. The number of nitrogens with one attached hydrogen (secondary N) is 1. The minimum Gasteiger partial charge on any atom is -0.489 e. The van der Waals surface area contributed by atoms with Crippen LogP contribution in [-0.4, -0.2) is 33.3 Å². The molecule has 0 aliphatic heterocycles. The second-order valence-electron chi connectivity index (χ2n) is 7.12. The quantitative estimate of drug-likeness (QED) is 0.301. The van der Waals surface area contributed by atoms with E-state index in [1.54, 1.807) is 42.5 Å². The van der Waals surface area contributed by atoms with Gasteiger partial charge >= 0.3 is 0 Å². The Labute approximate surface area is 212 Å². The average Bonchev–Trinajstić information content (AvgIpc) is 2.79. The monoisotopic (exact) mass is 539 g/mol. The number of carbonyl (C=O) groups excluding carboxylic acids is 1. The lowest BCUT2D eigenvalue weighted by atomic mass is 10.2. The van der Waals surface area contributed by atoms with Crippen LogP contribution >= 0.6 is 34.8 Å². The Morgan fingerprint density at radius 2 is 1.71 bits per heavy atom. The summed E-state index contributed by atoms with van der Waals surface area (Å²) in [5, 5.41) is 4.75. The Morgan fingerprint density at radius 1 is 1.03 bits per heavy atom. The molecular weight excluding hydrogens is 521 g/mol. The zero-order chi connectivity index (χ0) is 24.7. The van der Waals surface area contributed by atoms with Gasteiger partial charge in [-0.05, 0) is 59.7 Å². The number of amides is 1. The van der Waals surface area contributed by atoms with Crippen molar-refractivity contribution in [2.24, 2.45) is 5.10 Å². The zero-order valence-corrected chi connectivity index (χ0v) is 21.0. The maximum absolute atomic E-state index is 12.3. The average molecular weight is 541 g/mol. The Morgan fingerprint density at radius 3 is 2.35 bits per heavy atom. The molecule has 3 aromatic rings. The number of ether oxygens (including phenoxy) is 1. The molecule has 0 saturated carbocycles. The van der Waals surface area contributed by atoms with Crippen molar-refractivity contribution in [1.82, 2.24) is 5.43 Å². The number of anilines is 1. The summed E-state index contributed by atoms with van der Waals surface area (Å²) in [5.41, 5.74) is 4.10. The summed E-state index contributed by atoms with van der Waals surface area (Å²) in [7, 11) is -3.80. The molecule has 0 saturated heterocycles. The summed E-state index contributed by atoms with van der Waals surface area (Å²) in [6.45, 7) is -0.123. The first-order valence-electron chi connectivity index (χ1n) is 9.84. The Bertz CT molecular complexity index is 1280. The molecular formula is C23H20Cl3N3O4S. The first kappa shape index (κ1) is 25.8. The topological polar surface area (TPSA) is 88.1 Å². The van der Waals surface area contributed by atoms with Gasteiger partial charge in [0.05, 0.1) is 28.2 Å². The molecule has 0 radical (unpaired) electrons. The van der Waals surface area contributed by atoms with Gasteiger partial charge in [-0.3, -0.25) is 9.10 Å². The number of sulfonamides is 1. The van der Waals surface area contributed by atoms with Crippen molar-refractivity contribution in [3.8, 4) is 5.75 Å². The summed E-state index contributed by atoms with van der Waals surface area (Å²) in [6.07, 6.45) is 2.40. The first-order chi connectivity index (χ1) is 16.1. The van der Waals surface area contributed by atoms with E-state index >= 15 is 0 Å². The maximum Gasteiger partial charge on any atom is 0.260 e. The van der Waals surface area contributed by atoms with E-state index in [0.29, 0.717) is 22.9 Å². The van der Waals surface area contributed by atoms with E-state index < -0.39 is 22.5 Å². The summed E-state index contributed by atoms with van der Waals surface area (Å²) >= 11 is 18.0. The molecule has 0 aliphatic rings. The van der Waals surface area contributed by atoms with Gasteiger partial charge in [-0.2, -0.15) is 5.10 Å². The molecule has 1 N–H and O–H groups in total. The molecule has 1 amide bonds. The number of rotatable bonds is 9. The Balaban J connectivity index is 1.57. The van der Waals surface area contributed by atoms with Crippen molar-refractivity contribution >= 4 is 62.6 Å². The molecule has 0 spiro atoms. The predicted molar refractivity (Wildman–Crippen MR) is 137 cm³/mol. The van der Waals surface area contributed by atoms with E-state index in [9.17, 15) is 13.2 Å². The van der Waals surface area contributed by atoms with Crippen molar-refractivity contribution in [3.05, 3.63) is 92.9 Å². The Kier molecular flexibility index (Phi) is 8.79. The summed E-state index contributed by atoms with van der Waals surface area (Å²) in [5.74, 6) is 0.0129. The summed E-state index contributed by atoms with van der Waals surface area (Å²) in [4.78, 5) is 12.3. The van der Waals surface area contributed by atoms with Crippen LogP contribution in [0.5, 0.6) is 5.75 Å². The van der Waals surface area contributed by atoms with Crippen molar-refractivity contribution in [3.63, 3.8) is 0 Å². The van der Waals surface area contributed by atoms with Gasteiger partial charge in [-0.25, -0.2) is 13.8 Å². The molecule has 7 nitrogen and oxygen atoms in total. The molecule has 0 atom stereocenters. The van der Waals surface area contributed by atoms with E-state index in [-0.39, 0.29) is 15.7 Å². The third-order valence-electron chi connectivity index (χ3n) is 4.49. The summed E-state index contributed by atoms with van der Waals surface area (Å²) < 4.78 is 31.0. The lowest BCUT2D eigenvalue weighted by molar-refractivity contribution is -0.119. The SMILES string of the molecule is CS(=O)(=O)N(CC(=O)N/N=C\c1ccc(OCc2ccc(Cl)cc2)cc1)c1cccc(Cl)c1Cl. The highest BCUT2D eigenvalue weighted by Gasteiger charge is 2.23. The number of halogens is 3. The number of benzene rings is 3. The molecule has 0 aliphatic carbocycles.